The van der Waals surface area contributed by atoms with Crippen molar-refractivity contribution in [2.75, 3.05) is 26.2 Å². The molecule has 0 fully saturated rings. The maximum Gasteiger partial charge on any atom is 0.137 e. The highest BCUT2D eigenvalue weighted by Gasteiger charge is 2.02. The van der Waals surface area contributed by atoms with E-state index in [-0.39, 0.29) is 0 Å². The summed E-state index contributed by atoms with van der Waals surface area (Å²) in [6, 6.07) is 5.32. The Bertz CT molecular complexity index is 367. The second-order valence-corrected chi connectivity index (χ2v) is 5.35. The summed E-state index contributed by atoms with van der Waals surface area (Å²) < 4.78 is 5.65. The van der Waals surface area contributed by atoms with Gasteiger partial charge in [0.25, 0.3) is 0 Å². The van der Waals surface area contributed by atoms with Crippen LogP contribution in [0.2, 0.25) is 10.0 Å². The third-order valence-corrected chi connectivity index (χ3v) is 3.70. The summed E-state index contributed by atoms with van der Waals surface area (Å²) in [4.78, 5) is 2.44. The average Bonchev–Trinajstić information content (AvgIpc) is 2.40. The second-order valence-electron chi connectivity index (χ2n) is 4.51. The molecule has 1 aromatic carbocycles. The first-order valence-corrected chi connectivity index (χ1v) is 7.73. The van der Waals surface area contributed by atoms with Crippen molar-refractivity contribution in [3.8, 4) is 5.75 Å². The van der Waals surface area contributed by atoms with Crippen LogP contribution in [-0.2, 0) is 0 Å². The van der Waals surface area contributed by atoms with Crippen LogP contribution in [0.25, 0.3) is 0 Å². The number of hydrogen-bond donors (Lipinski definition) is 0. The van der Waals surface area contributed by atoms with Gasteiger partial charge in [0.2, 0.25) is 0 Å². The van der Waals surface area contributed by atoms with Crippen molar-refractivity contribution in [3.63, 3.8) is 0 Å². The number of rotatable bonds is 9. The SMILES string of the molecule is CCN(CC)CCCCCOc1ccc(Cl)cc1Cl. The maximum atomic E-state index is 6.03. The van der Waals surface area contributed by atoms with Gasteiger partial charge in [-0.3, -0.25) is 0 Å². The van der Waals surface area contributed by atoms with E-state index in [4.69, 9.17) is 27.9 Å². The minimum atomic E-state index is 0.579. The predicted molar refractivity (Wildman–Crippen MR) is 83.6 cm³/mol. The number of benzene rings is 1. The second kappa shape index (κ2) is 9.46. The molecule has 19 heavy (non-hydrogen) atoms. The Labute approximate surface area is 126 Å². The van der Waals surface area contributed by atoms with Crippen LogP contribution in [-0.4, -0.2) is 31.1 Å². The largest absolute Gasteiger partial charge is 0.492 e. The van der Waals surface area contributed by atoms with E-state index in [0.29, 0.717) is 16.7 Å². The summed E-state index contributed by atoms with van der Waals surface area (Å²) >= 11 is 11.9. The molecule has 0 aromatic heterocycles. The number of halogens is 2. The Kier molecular flexibility index (Phi) is 8.27. The molecular weight excluding hydrogens is 281 g/mol. The summed E-state index contributed by atoms with van der Waals surface area (Å²) in [6.07, 6.45) is 3.46. The molecule has 0 N–H and O–H groups in total. The summed E-state index contributed by atoms with van der Waals surface area (Å²) in [7, 11) is 0. The van der Waals surface area contributed by atoms with E-state index < -0.39 is 0 Å². The Hall–Kier alpha value is -0.440. The van der Waals surface area contributed by atoms with Crippen LogP contribution < -0.4 is 4.74 Å². The number of unbranched alkanes of at least 4 members (excludes halogenated alkanes) is 2. The van der Waals surface area contributed by atoms with E-state index in [0.717, 1.165) is 25.3 Å². The lowest BCUT2D eigenvalue weighted by Gasteiger charge is -2.17. The van der Waals surface area contributed by atoms with Crippen molar-refractivity contribution in [2.24, 2.45) is 0 Å². The van der Waals surface area contributed by atoms with Crippen LogP contribution in [0.3, 0.4) is 0 Å². The molecule has 2 nitrogen and oxygen atoms in total. The van der Waals surface area contributed by atoms with Crippen LogP contribution >= 0.6 is 23.2 Å². The summed E-state index contributed by atoms with van der Waals surface area (Å²) in [5, 5.41) is 1.22. The predicted octanol–water partition coefficient (Wildman–Crippen LogP) is 4.88. The molecule has 0 aliphatic carbocycles. The van der Waals surface area contributed by atoms with Gasteiger partial charge in [0.15, 0.2) is 0 Å². The fraction of sp³-hybridized carbons (Fsp3) is 0.600. The van der Waals surface area contributed by atoms with Gasteiger partial charge in [0.05, 0.1) is 11.6 Å². The molecule has 108 valence electrons. The third-order valence-electron chi connectivity index (χ3n) is 3.16. The molecule has 0 radical (unpaired) electrons. The normalized spacial score (nSPS) is 11.0. The van der Waals surface area contributed by atoms with Crippen LogP contribution in [0.1, 0.15) is 33.1 Å². The molecule has 0 unspecified atom stereocenters. The first-order valence-electron chi connectivity index (χ1n) is 6.97. The smallest absolute Gasteiger partial charge is 0.137 e. The Morgan fingerprint density at radius 1 is 1.05 bits per heavy atom. The van der Waals surface area contributed by atoms with Gasteiger partial charge in [0.1, 0.15) is 5.75 Å². The van der Waals surface area contributed by atoms with Crippen LogP contribution in [0.15, 0.2) is 18.2 Å². The van der Waals surface area contributed by atoms with Crippen molar-refractivity contribution in [1.82, 2.24) is 4.90 Å². The van der Waals surface area contributed by atoms with Gasteiger partial charge in [-0.2, -0.15) is 0 Å². The highest BCUT2D eigenvalue weighted by atomic mass is 35.5. The Balaban J connectivity index is 2.14. The lowest BCUT2D eigenvalue weighted by Crippen LogP contribution is -2.23. The minimum absolute atomic E-state index is 0.579. The molecule has 0 atom stereocenters. The summed E-state index contributed by atoms with van der Waals surface area (Å²) in [5.74, 6) is 0.717. The number of hydrogen-bond acceptors (Lipinski definition) is 2. The molecule has 0 amide bonds. The van der Waals surface area contributed by atoms with Crippen molar-refractivity contribution in [3.05, 3.63) is 28.2 Å². The zero-order valence-corrected chi connectivity index (χ0v) is 13.3. The molecule has 0 bridgehead atoms. The third kappa shape index (κ3) is 6.51. The molecule has 4 heteroatoms. The molecule has 0 aliphatic heterocycles. The fourth-order valence-corrected chi connectivity index (χ4v) is 2.39. The summed E-state index contributed by atoms with van der Waals surface area (Å²) in [6.45, 7) is 8.55. The fourth-order valence-electron chi connectivity index (χ4n) is 1.93. The van der Waals surface area contributed by atoms with E-state index in [1.165, 1.54) is 19.4 Å². The van der Waals surface area contributed by atoms with Crippen LogP contribution in [0.5, 0.6) is 5.75 Å². The lowest BCUT2D eigenvalue weighted by atomic mass is 10.2. The first-order chi connectivity index (χ1) is 9.17. The average molecular weight is 304 g/mol. The molecular formula is C15H23Cl2NO. The topological polar surface area (TPSA) is 12.5 Å². The van der Waals surface area contributed by atoms with Gasteiger partial charge < -0.3 is 9.64 Å². The van der Waals surface area contributed by atoms with Gasteiger partial charge in [-0.1, -0.05) is 37.0 Å². The van der Waals surface area contributed by atoms with Gasteiger partial charge in [-0.05, 0) is 57.1 Å². The van der Waals surface area contributed by atoms with Gasteiger partial charge in [-0.25, -0.2) is 0 Å². The van der Waals surface area contributed by atoms with E-state index in [2.05, 4.69) is 18.7 Å². The quantitative estimate of drug-likeness (QED) is 0.603. The Morgan fingerprint density at radius 2 is 1.79 bits per heavy atom. The van der Waals surface area contributed by atoms with E-state index >= 15 is 0 Å². The van der Waals surface area contributed by atoms with Crippen LogP contribution in [0, 0.1) is 0 Å². The highest BCUT2D eigenvalue weighted by Crippen LogP contribution is 2.27. The van der Waals surface area contributed by atoms with Gasteiger partial charge in [0, 0.05) is 5.02 Å². The molecule has 0 saturated heterocycles. The first kappa shape index (κ1) is 16.6. The molecule has 1 aromatic rings. The van der Waals surface area contributed by atoms with Crippen molar-refractivity contribution < 1.29 is 4.74 Å². The van der Waals surface area contributed by atoms with Gasteiger partial charge in [-0.15, -0.1) is 0 Å². The molecule has 0 aliphatic rings. The molecule has 0 spiro atoms. The van der Waals surface area contributed by atoms with E-state index in [9.17, 15) is 0 Å². The summed E-state index contributed by atoms with van der Waals surface area (Å²) in [5.41, 5.74) is 0. The van der Waals surface area contributed by atoms with Gasteiger partial charge >= 0.3 is 0 Å². The highest BCUT2D eigenvalue weighted by molar-refractivity contribution is 6.35. The van der Waals surface area contributed by atoms with Crippen molar-refractivity contribution in [2.45, 2.75) is 33.1 Å². The molecule has 0 saturated carbocycles. The van der Waals surface area contributed by atoms with Crippen molar-refractivity contribution >= 4 is 23.2 Å². The maximum absolute atomic E-state index is 6.03. The van der Waals surface area contributed by atoms with Crippen molar-refractivity contribution in [1.29, 1.82) is 0 Å². The zero-order valence-electron chi connectivity index (χ0n) is 11.8. The molecule has 1 rings (SSSR count). The Morgan fingerprint density at radius 3 is 2.42 bits per heavy atom. The van der Waals surface area contributed by atoms with E-state index in [1.54, 1.807) is 12.1 Å². The standard InChI is InChI=1S/C15H23Cl2NO/c1-3-18(4-2)10-6-5-7-11-19-15-9-8-13(16)12-14(15)17/h8-9,12H,3-7,10-11H2,1-2H3. The zero-order chi connectivity index (χ0) is 14.1. The lowest BCUT2D eigenvalue weighted by molar-refractivity contribution is 0.277. The number of ether oxygens (including phenoxy) is 1. The number of nitrogens with zero attached hydrogens (tertiary/aromatic N) is 1. The molecule has 0 heterocycles. The van der Waals surface area contributed by atoms with E-state index in [1.807, 2.05) is 6.07 Å². The minimum Gasteiger partial charge on any atom is -0.492 e. The monoisotopic (exact) mass is 303 g/mol. The van der Waals surface area contributed by atoms with Crippen LogP contribution in [0.4, 0.5) is 0 Å².